The highest BCUT2D eigenvalue weighted by Gasteiger charge is 2.46. The molecule has 5 rings (SSSR count). The molecule has 1 spiro atoms. The number of aromatic nitrogens is 2. The summed E-state index contributed by atoms with van der Waals surface area (Å²) in [5.74, 6) is 0. The van der Waals surface area contributed by atoms with Crippen LogP contribution < -0.4 is 9.62 Å². The summed E-state index contributed by atoms with van der Waals surface area (Å²) in [5, 5.41) is 3.96. The maximum absolute atomic E-state index is 13.9. The van der Waals surface area contributed by atoms with Crippen LogP contribution in [-0.4, -0.2) is 79.6 Å². The summed E-state index contributed by atoms with van der Waals surface area (Å²) in [6, 6.07) is 4.40. The fraction of sp³-hybridized carbons (Fsp3) is 0.583. The number of alkyl halides is 3. The number of nitrogens with one attached hydrogen (secondary N) is 1. The van der Waals surface area contributed by atoms with Crippen LogP contribution in [0, 0.1) is 5.41 Å². The van der Waals surface area contributed by atoms with Crippen molar-refractivity contribution in [3.8, 4) is 0 Å². The number of hydrogen-bond acceptors (Lipinski definition) is 6. The van der Waals surface area contributed by atoms with Gasteiger partial charge in [0, 0.05) is 51.5 Å². The standard InChI is InChI=1S/C24H31F3N6O3S/c1-37(35,36)29-19-13-28-33(15-19)22(34)32-10-6-23(7-11-32)16-30(17-23)14-18-4-5-20(31-8-2-3-9-31)12-21(18)24(25,26)27/h4-5,12-13,15,29H,2-3,6-11,14,16-17H2,1H3. The summed E-state index contributed by atoms with van der Waals surface area (Å²) in [5.41, 5.74) is 0.600. The van der Waals surface area contributed by atoms with Crippen molar-refractivity contribution in [2.45, 2.75) is 38.4 Å². The number of nitrogens with zero attached hydrogens (tertiary/aromatic N) is 5. The molecule has 1 N–H and O–H groups in total. The number of rotatable bonds is 5. The Balaban J connectivity index is 1.16. The van der Waals surface area contributed by atoms with Gasteiger partial charge in [0.2, 0.25) is 10.0 Å². The van der Waals surface area contributed by atoms with Crippen molar-refractivity contribution in [1.29, 1.82) is 0 Å². The maximum Gasteiger partial charge on any atom is 0.416 e. The van der Waals surface area contributed by atoms with Crippen molar-refractivity contribution in [2.24, 2.45) is 5.41 Å². The van der Waals surface area contributed by atoms with Crippen molar-refractivity contribution >= 4 is 27.4 Å². The highest BCUT2D eigenvalue weighted by atomic mass is 32.2. The SMILES string of the molecule is CS(=O)(=O)Nc1cnn(C(=O)N2CCC3(CC2)CN(Cc2ccc(N4CCCC4)cc2C(F)(F)F)C3)c1. The Labute approximate surface area is 214 Å². The summed E-state index contributed by atoms with van der Waals surface area (Å²) < 4.78 is 67.7. The van der Waals surface area contributed by atoms with Crippen molar-refractivity contribution in [2.75, 3.05) is 55.1 Å². The first-order valence-electron chi connectivity index (χ1n) is 12.4. The van der Waals surface area contributed by atoms with Crippen molar-refractivity contribution in [3.63, 3.8) is 0 Å². The topological polar surface area (TPSA) is 90.8 Å². The summed E-state index contributed by atoms with van der Waals surface area (Å²) in [7, 11) is -3.47. The molecule has 9 nitrogen and oxygen atoms in total. The van der Waals surface area contributed by atoms with Gasteiger partial charge in [0.05, 0.1) is 29.9 Å². The summed E-state index contributed by atoms with van der Waals surface area (Å²) >= 11 is 0. The van der Waals surface area contributed by atoms with Crippen molar-refractivity contribution in [3.05, 3.63) is 41.7 Å². The Morgan fingerprint density at radius 1 is 1.11 bits per heavy atom. The van der Waals surface area contributed by atoms with Gasteiger partial charge in [-0.25, -0.2) is 13.2 Å². The Morgan fingerprint density at radius 2 is 1.78 bits per heavy atom. The lowest BCUT2D eigenvalue weighted by Gasteiger charge is -2.54. The number of likely N-dealkylation sites (tertiary alicyclic amines) is 2. The molecular formula is C24H31F3N6O3S. The molecule has 37 heavy (non-hydrogen) atoms. The number of halogens is 3. The monoisotopic (exact) mass is 540 g/mol. The zero-order valence-electron chi connectivity index (χ0n) is 20.7. The van der Waals surface area contributed by atoms with Crippen molar-refractivity contribution < 1.29 is 26.4 Å². The normalized spacial score (nSPS) is 20.3. The van der Waals surface area contributed by atoms with Crippen LogP contribution >= 0.6 is 0 Å². The number of benzene rings is 1. The molecule has 0 radical (unpaired) electrons. The number of anilines is 2. The van der Waals surface area contributed by atoms with Gasteiger partial charge in [-0.2, -0.15) is 23.0 Å². The van der Waals surface area contributed by atoms with E-state index in [4.69, 9.17) is 0 Å². The summed E-state index contributed by atoms with van der Waals surface area (Å²) in [6.45, 7) is 4.27. The first kappa shape index (κ1) is 25.8. The second kappa shape index (κ2) is 9.50. The zero-order chi connectivity index (χ0) is 26.4. The minimum Gasteiger partial charge on any atom is -0.372 e. The van der Waals surface area contributed by atoms with E-state index in [1.54, 1.807) is 11.0 Å². The third-order valence-electron chi connectivity index (χ3n) is 7.56. The number of sulfonamides is 1. The lowest BCUT2D eigenvalue weighted by atomic mass is 9.72. The van der Waals surface area contributed by atoms with Crippen molar-refractivity contribution in [1.82, 2.24) is 19.6 Å². The molecule has 3 aliphatic heterocycles. The minimum atomic E-state index is -4.40. The summed E-state index contributed by atoms with van der Waals surface area (Å²) in [4.78, 5) is 18.5. The molecule has 202 valence electrons. The summed E-state index contributed by atoms with van der Waals surface area (Å²) in [6.07, 6.45) is 2.76. The molecule has 4 heterocycles. The number of hydrogen-bond donors (Lipinski definition) is 1. The average molecular weight is 541 g/mol. The van der Waals surface area contributed by atoms with Gasteiger partial charge >= 0.3 is 12.2 Å². The molecule has 1 aromatic heterocycles. The van der Waals surface area contributed by atoms with Gasteiger partial charge in [-0.1, -0.05) is 6.07 Å². The maximum atomic E-state index is 13.9. The molecule has 0 aliphatic carbocycles. The van der Waals surface area contributed by atoms with Gasteiger partial charge in [-0.15, -0.1) is 0 Å². The van der Waals surface area contributed by atoms with E-state index in [-0.39, 0.29) is 23.7 Å². The van der Waals surface area contributed by atoms with E-state index in [0.29, 0.717) is 37.4 Å². The van der Waals surface area contributed by atoms with Crippen LogP contribution in [0.2, 0.25) is 0 Å². The third-order valence-corrected chi connectivity index (χ3v) is 8.16. The number of carbonyl (C=O) groups excluding carboxylic acids is 1. The van der Waals surface area contributed by atoms with E-state index in [1.807, 2.05) is 15.9 Å². The highest BCUT2D eigenvalue weighted by molar-refractivity contribution is 7.92. The van der Waals surface area contributed by atoms with Gasteiger partial charge in [-0.05, 0) is 48.8 Å². The Hall–Kier alpha value is -2.80. The number of piperidine rings is 1. The Bertz CT molecular complexity index is 1260. The van der Waals surface area contributed by atoms with Crippen LogP contribution in [0.1, 0.15) is 36.8 Å². The molecule has 3 fully saturated rings. The molecule has 0 bridgehead atoms. The van der Waals surface area contributed by atoms with Gasteiger partial charge in [0.25, 0.3) is 0 Å². The van der Waals surface area contributed by atoms with Crippen LogP contribution in [0.15, 0.2) is 30.6 Å². The predicted octanol–water partition coefficient (Wildman–Crippen LogP) is 3.44. The van der Waals surface area contributed by atoms with E-state index in [0.717, 1.165) is 49.7 Å². The highest BCUT2D eigenvalue weighted by Crippen LogP contribution is 2.43. The smallest absolute Gasteiger partial charge is 0.372 e. The Morgan fingerprint density at radius 3 is 2.41 bits per heavy atom. The second-order valence-electron chi connectivity index (χ2n) is 10.5. The van der Waals surface area contributed by atoms with Gasteiger partial charge < -0.3 is 9.80 Å². The van der Waals surface area contributed by atoms with E-state index >= 15 is 0 Å². The third kappa shape index (κ3) is 5.71. The lowest BCUT2D eigenvalue weighted by Crippen LogP contribution is -2.60. The van der Waals surface area contributed by atoms with Gasteiger partial charge in [0.15, 0.2) is 0 Å². The van der Waals surface area contributed by atoms with E-state index in [1.165, 1.54) is 18.5 Å². The fourth-order valence-corrected chi connectivity index (χ4v) is 6.25. The molecule has 0 unspecified atom stereocenters. The largest absolute Gasteiger partial charge is 0.416 e. The molecule has 2 aromatic rings. The molecule has 0 atom stereocenters. The zero-order valence-corrected chi connectivity index (χ0v) is 21.5. The van der Waals surface area contributed by atoms with Crippen LogP contribution in [0.25, 0.3) is 0 Å². The molecule has 1 amide bonds. The number of carbonyl (C=O) groups is 1. The number of amides is 1. The first-order valence-corrected chi connectivity index (χ1v) is 14.3. The average Bonchev–Trinajstić information content (AvgIpc) is 3.49. The molecule has 3 aliphatic rings. The van der Waals surface area contributed by atoms with E-state index < -0.39 is 21.8 Å². The van der Waals surface area contributed by atoms with Gasteiger partial charge in [-0.3, -0.25) is 9.62 Å². The minimum absolute atomic E-state index is 0.00219. The molecule has 1 aromatic carbocycles. The molecule has 3 saturated heterocycles. The fourth-order valence-electron chi connectivity index (χ4n) is 5.72. The van der Waals surface area contributed by atoms with Crippen LogP contribution in [0.4, 0.5) is 29.3 Å². The van der Waals surface area contributed by atoms with Crippen LogP contribution in [0.3, 0.4) is 0 Å². The van der Waals surface area contributed by atoms with E-state index in [9.17, 15) is 26.4 Å². The first-order chi connectivity index (χ1) is 17.4. The molecular weight excluding hydrogens is 509 g/mol. The second-order valence-corrected chi connectivity index (χ2v) is 12.2. The Kier molecular flexibility index (Phi) is 6.63. The van der Waals surface area contributed by atoms with Crippen LogP contribution in [-0.2, 0) is 22.7 Å². The van der Waals surface area contributed by atoms with Gasteiger partial charge in [0.1, 0.15) is 0 Å². The quantitative estimate of drug-likeness (QED) is 0.625. The predicted molar refractivity (Wildman–Crippen MR) is 133 cm³/mol. The molecule has 0 saturated carbocycles. The van der Waals surface area contributed by atoms with E-state index in [2.05, 4.69) is 9.82 Å². The lowest BCUT2D eigenvalue weighted by molar-refractivity contribution is -0.138. The molecule has 13 heteroatoms. The van der Waals surface area contributed by atoms with Crippen LogP contribution in [0.5, 0.6) is 0 Å².